The molecule has 1 N–H and O–H groups in total. The van der Waals surface area contributed by atoms with Gasteiger partial charge in [-0.15, -0.1) is 11.3 Å². The molecule has 0 saturated heterocycles. The Morgan fingerprint density at radius 2 is 2.06 bits per heavy atom. The molecule has 0 aliphatic rings. The summed E-state index contributed by atoms with van der Waals surface area (Å²) in [5.74, 6) is 1.51. The molecule has 104 valence electrons. The van der Waals surface area contributed by atoms with Crippen molar-refractivity contribution >= 4 is 23.1 Å². The minimum absolute atomic E-state index is 0.238. The Kier molecular flexibility index (Phi) is 6.45. The number of hydrogen-bond acceptors (Lipinski definition) is 4. The van der Waals surface area contributed by atoms with Crippen molar-refractivity contribution in [1.29, 1.82) is 0 Å². The van der Waals surface area contributed by atoms with E-state index in [-0.39, 0.29) is 11.4 Å². The molecule has 1 aromatic heterocycles. The lowest BCUT2D eigenvalue weighted by Crippen LogP contribution is -2.15. The Labute approximate surface area is 113 Å². The van der Waals surface area contributed by atoms with Gasteiger partial charge in [-0.3, -0.25) is 0 Å². The van der Waals surface area contributed by atoms with Gasteiger partial charge >= 0.3 is 6.18 Å². The summed E-state index contributed by atoms with van der Waals surface area (Å²) in [5.41, 5.74) is -0.722. The van der Waals surface area contributed by atoms with Crippen LogP contribution in [-0.2, 0) is 18.5 Å². The minimum Gasteiger partial charge on any atom is -0.312 e. The van der Waals surface area contributed by atoms with Crippen molar-refractivity contribution in [1.82, 2.24) is 10.3 Å². The zero-order chi connectivity index (χ0) is 13.6. The topological polar surface area (TPSA) is 24.9 Å². The van der Waals surface area contributed by atoms with E-state index < -0.39 is 11.9 Å². The highest BCUT2D eigenvalue weighted by Gasteiger charge is 2.37. The summed E-state index contributed by atoms with van der Waals surface area (Å²) in [4.78, 5) is 4.03. The number of thioether (sulfide) groups is 1. The lowest BCUT2D eigenvalue weighted by atomic mass is 10.3. The van der Waals surface area contributed by atoms with E-state index in [0.29, 0.717) is 17.3 Å². The zero-order valence-electron chi connectivity index (χ0n) is 10.4. The lowest BCUT2D eigenvalue weighted by Gasteiger charge is -2.05. The molecule has 0 amide bonds. The maximum atomic E-state index is 12.8. The highest BCUT2D eigenvalue weighted by Crippen LogP contribution is 2.35. The van der Waals surface area contributed by atoms with Crippen molar-refractivity contribution in [2.75, 3.05) is 12.3 Å². The van der Waals surface area contributed by atoms with Crippen molar-refractivity contribution in [3.8, 4) is 0 Å². The number of nitrogens with zero attached hydrogens (tertiary/aromatic N) is 1. The van der Waals surface area contributed by atoms with Crippen LogP contribution in [-0.4, -0.2) is 17.3 Å². The fourth-order valence-electron chi connectivity index (χ4n) is 1.35. The summed E-state index contributed by atoms with van der Waals surface area (Å²) in [7, 11) is 0. The molecule has 1 rings (SSSR count). The molecule has 0 aliphatic heterocycles. The van der Waals surface area contributed by atoms with Gasteiger partial charge in [-0.25, -0.2) is 4.98 Å². The minimum atomic E-state index is -4.35. The van der Waals surface area contributed by atoms with Crippen LogP contribution in [0.2, 0.25) is 0 Å². The summed E-state index contributed by atoms with van der Waals surface area (Å²) in [6, 6.07) is 0. The molecule has 0 bridgehead atoms. The van der Waals surface area contributed by atoms with Gasteiger partial charge in [0.2, 0.25) is 0 Å². The first-order chi connectivity index (χ1) is 8.49. The molecule has 2 nitrogen and oxygen atoms in total. The summed E-state index contributed by atoms with van der Waals surface area (Å²) < 4.78 is 38.4. The van der Waals surface area contributed by atoms with Crippen molar-refractivity contribution in [3.63, 3.8) is 0 Å². The molecule has 0 saturated carbocycles. The average Bonchev–Trinajstić information content (AvgIpc) is 2.70. The second kappa shape index (κ2) is 7.35. The summed E-state index contributed by atoms with van der Waals surface area (Å²) in [6.45, 7) is 4.80. The van der Waals surface area contributed by atoms with Gasteiger partial charge in [0.05, 0.1) is 4.88 Å². The van der Waals surface area contributed by atoms with Crippen LogP contribution in [0.4, 0.5) is 13.2 Å². The molecule has 0 fully saturated rings. The molecular weight excluding hydrogens is 281 g/mol. The molecule has 18 heavy (non-hydrogen) atoms. The van der Waals surface area contributed by atoms with Crippen LogP contribution in [0.15, 0.2) is 0 Å². The Bertz CT molecular complexity index is 364. The summed E-state index contributed by atoms with van der Waals surface area (Å²) in [6.07, 6.45) is -3.33. The van der Waals surface area contributed by atoms with Crippen LogP contribution in [0.1, 0.15) is 35.8 Å². The van der Waals surface area contributed by atoms with Crippen molar-refractivity contribution in [2.45, 2.75) is 38.7 Å². The van der Waals surface area contributed by atoms with Gasteiger partial charge in [-0.2, -0.15) is 24.9 Å². The smallest absolute Gasteiger partial charge is 0.312 e. The van der Waals surface area contributed by atoms with Crippen LogP contribution in [0.25, 0.3) is 0 Å². The first kappa shape index (κ1) is 15.8. The number of aromatic nitrogens is 1. The third-order valence-corrected chi connectivity index (χ3v) is 4.53. The van der Waals surface area contributed by atoms with Gasteiger partial charge in [-0.05, 0) is 18.7 Å². The third-order valence-electron chi connectivity index (χ3n) is 2.12. The molecule has 0 aliphatic carbocycles. The van der Waals surface area contributed by atoms with E-state index in [1.165, 1.54) is 0 Å². The maximum Gasteiger partial charge on any atom is 0.434 e. The molecular formula is C11H17F3N2S2. The highest BCUT2D eigenvalue weighted by molar-refractivity contribution is 7.98. The molecule has 0 atom stereocenters. The predicted octanol–water partition coefficient (Wildman–Crippen LogP) is 3.91. The van der Waals surface area contributed by atoms with Crippen LogP contribution in [0.3, 0.4) is 0 Å². The first-order valence-corrected chi connectivity index (χ1v) is 7.80. The zero-order valence-corrected chi connectivity index (χ0v) is 12.1. The van der Waals surface area contributed by atoms with Crippen LogP contribution in [0, 0.1) is 0 Å². The Balaban J connectivity index is 2.79. The van der Waals surface area contributed by atoms with Gasteiger partial charge < -0.3 is 5.32 Å². The number of nitrogens with one attached hydrogen (secondary N) is 1. The molecule has 7 heteroatoms. The average molecular weight is 298 g/mol. The highest BCUT2D eigenvalue weighted by atomic mass is 32.2. The van der Waals surface area contributed by atoms with Gasteiger partial charge in [0.1, 0.15) is 5.01 Å². The lowest BCUT2D eigenvalue weighted by molar-refractivity contribution is -0.141. The van der Waals surface area contributed by atoms with Crippen molar-refractivity contribution in [3.05, 3.63) is 15.6 Å². The third kappa shape index (κ3) is 4.78. The Morgan fingerprint density at radius 3 is 2.61 bits per heavy atom. The molecule has 0 radical (unpaired) electrons. The maximum absolute atomic E-state index is 12.8. The fraction of sp³-hybridized carbons (Fsp3) is 0.727. The predicted molar refractivity (Wildman–Crippen MR) is 70.9 cm³/mol. The van der Waals surface area contributed by atoms with Gasteiger partial charge in [0, 0.05) is 12.3 Å². The first-order valence-electron chi connectivity index (χ1n) is 5.83. The standard InChI is InChI=1S/C11H17F3N2S2/c1-3-5-17-7-9-16-10(11(12,13)14)8(18-9)6-15-4-2/h15H,3-7H2,1-2H3. The van der Waals surface area contributed by atoms with Crippen molar-refractivity contribution in [2.24, 2.45) is 0 Å². The number of halogens is 3. The van der Waals surface area contributed by atoms with E-state index in [0.717, 1.165) is 23.5 Å². The Morgan fingerprint density at radius 1 is 1.33 bits per heavy atom. The van der Waals surface area contributed by atoms with E-state index >= 15 is 0 Å². The fourth-order valence-corrected chi connectivity index (χ4v) is 3.36. The molecule has 0 spiro atoms. The van der Waals surface area contributed by atoms with E-state index in [2.05, 4.69) is 10.3 Å². The number of thiazole rings is 1. The largest absolute Gasteiger partial charge is 0.434 e. The SMILES string of the molecule is CCCSCc1nc(C(F)(F)F)c(CNCC)s1. The number of alkyl halides is 3. The monoisotopic (exact) mass is 298 g/mol. The molecule has 1 heterocycles. The molecule has 0 aromatic carbocycles. The van der Waals surface area contributed by atoms with Crippen LogP contribution >= 0.6 is 23.1 Å². The number of rotatable bonds is 7. The van der Waals surface area contributed by atoms with Gasteiger partial charge in [0.15, 0.2) is 5.69 Å². The number of hydrogen-bond donors (Lipinski definition) is 1. The second-order valence-electron chi connectivity index (χ2n) is 3.71. The quantitative estimate of drug-likeness (QED) is 0.772. The van der Waals surface area contributed by atoms with Gasteiger partial charge in [-0.1, -0.05) is 13.8 Å². The second-order valence-corrected chi connectivity index (χ2v) is 5.98. The summed E-state index contributed by atoms with van der Waals surface area (Å²) >= 11 is 2.79. The van der Waals surface area contributed by atoms with Crippen LogP contribution in [0.5, 0.6) is 0 Å². The van der Waals surface area contributed by atoms with E-state index in [9.17, 15) is 13.2 Å². The van der Waals surface area contributed by atoms with E-state index in [1.54, 1.807) is 11.8 Å². The van der Waals surface area contributed by atoms with Gasteiger partial charge in [0.25, 0.3) is 0 Å². The van der Waals surface area contributed by atoms with Crippen molar-refractivity contribution < 1.29 is 13.2 Å². The molecule has 1 aromatic rings. The normalized spacial score (nSPS) is 12.1. The van der Waals surface area contributed by atoms with Crippen LogP contribution < -0.4 is 5.32 Å². The summed E-state index contributed by atoms with van der Waals surface area (Å²) in [5, 5.41) is 3.48. The van der Waals surface area contributed by atoms with E-state index in [4.69, 9.17) is 0 Å². The molecule has 0 unspecified atom stereocenters. The Hall–Kier alpha value is -0.270. The van der Waals surface area contributed by atoms with E-state index in [1.807, 2.05) is 13.8 Å².